The molecule has 1 aliphatic rings. The second-order valence-corrected chi connectivity index (χ2v) is 5.76. The van der Waals surface area contributed by atoms with Crippen LogP contribution in [0.1, 0.15) is 30.4 Å². The van der Waals surface area contributed by atoms with Crippen LogP contribution in [0.4, 0.5) is 5.69 Å². The Balaban J connectivity index is 2.05. The Hall–Kier alpha value is -1.02. The Bertz CT molecular complexity index is 400. The van der Waals surface area contributed by atoms with Crippen LogP contribution in [-0.4, -0.2) is 26.7 Å². The largest absolute Gasteiger partial charge is 0.374 e. The van der Waals surface area contributed by atoms with Crippen molar-refractivity contribution >= 4 is 5.69 Å². The molecule has 0 heterocycles. The molecule has 0 aromatic heterocycles. The Morgan fingerprint density at radius 3 is 2.72 bits per heavy atom. The molecule has 0 spiro atoms. The van der Waals surface area contributed by atoms with Crippen molar-refractivity contribution in [3.05, 3.63) is 29.3 Å². The van der Waals surface area contributed by atoms with Crippen molar-refractivity contribution in [3.8, 4) is 0 Å². The lowest BCUT2D eigenvalue weighted by Gasteiger charge is -2.28. The zero-order valence-electron chi connectivity index (χ0n) is 12.2. The SMILES string of the molecule is CNC1CCCC1CN(C)c1ccc(C)cc1C. The van der Waals surface area contributed by atoms with E-state index in [9.17, 15) is 0 Å². The first-order valence-electron chi connectivity index (χ1n) is 7.07. The summed E-state index contributed by atoms with van der Waals surface area (Å²) in [6.07, 6.45) is 4.07. The molecule has 2 atom stereocenters. The molecule has 1 aliphatic carbocycles. The molecule has 0 bridgehead atoms. The van der Waals surface area contributed by atoms with E-state index in [1.807, 2.05) is 0 Å². The van der Waals surface area contributed by atoms with E-state index in [0.717, 1.165) is 12.5 Å². The third kappa shape index (κ3) is 2.86. The van der Waals surface area contributed by atoms with Gasteiger partial charge in [0.05, 0.1) is 0 Å². The fourth-order valence-electron chi connectivity index (χ4n) is 3.32. The molecule has 0 amide bonds. The summed E-state index contributed by atoms with van der Waals surface area (Å²) in [5.41, 5.74) is 4.11. The lowest BCUT2D eigenvalue weighted by molar-refractivity contribution is 0.428. The number of nitrogens with zero attached hydrogens (tertiary/aromatic N) is 1. The van der Waals surface area contributed by atoms with Gasteiger partial charge in [-0.3, -0.25) is 0 Å². The molecule has 1 N–H and O–H groups in total. The summed E-state index contributed by atoms with van der Waals surface area (Å²) in [5.74, 6) is 0.792. The van der Waals surface area contributed by atoms with Gasteiger partial charge in [-0.2, -0.15) is 0 Å². The van der Waals surface area contributed by atoms with Crippen molar-refractivity contribution in [1.82, 2.24) is 5.32 Å². The van der Waals surface area contributed by atoms with Gasteiger partial charge in [0.15, 0.2) is 0 Å². The van der Waals surface area contributed by atoms with Crippen molar-refractivity contribution in [1.29, 1.82) is 0 Å². The number of nitrogens with one attached hydrogen (secondary N) is 1. The maximum absolute atomic E-state index is 3.47. The molecule has 0 aliphatic heterocycles. The molecular weight excluding hydrogens is 220 g/mol. The van der Waals surface area contributed by atoms with Crippen molar-refractivity contribution in [2.24, 2.45) is 5.92 Å². The predicted molar refractivity (Wildman–Crippen MR) is 79.4 cm³/mol. The minimum absolute atomic E-state index is 0.707. The Morgan fingerprint density at radius 1 is 1.28 bits per heavy atom. The van der Waals surface area contributed by atoms with E-state index in [0.29, 0.717) is 6.04 Å². The van der Waals surface area contributed by atoms with Gasteiger partial charge in [-0.1, -0.05) is 24.1 Å². The Kier molecular flexibility index (Phi) is 4.28. The van der Waals surface area contributed by atoms with E-state index in [1.54, 1.807) is 0 Å². The van der Waals surface area contributed by atoms with Crippen LogP contribution >= 0.6 is 0 Å². The summed E-state index contributed by atoms with van der Waals surface area (Å²) in [7, 11) is 4.32. The summed E-state index contributed by atoms with van der Waals surface area (Å²) >= 11 is 0. The van der Waals surface area contributed by atoms with Gasteiger partial charge in [-0.15, -0.1) is 0 Å². The lowest BCUT2D eigenvalue weighted by atomic mass is 10.0. The molecule has 2 nitrogen and oxygen atoms in total. The first kappa shape index (κ1) is 13.4. The average Bonchev–Trinajstić information content (AvgIpc) is 2.76. The molecule has 1 aromatic carbocycles. The second-order valence-electron chi connectivity index (χ2n) is 5.76. The van der Waals surface area contributed by atoms with Crippen LogP contribution in [0, 0.1) is 19.8 Å². The van der Waals surface area contributed by atoms with Crippen molar-refractivity contribution in [3.63, 3.8) is 0 Å². The van der Waals surface area contributed by atoms with Crippen LogP contribution in [0.25, 0.3) is 0 Å². The van der Waals surface area contributed by atoms with Crippen LogP contribution in [0.2, 0.25) is 0 Å². The first-order chi connectivity index (χ1) is 8.61. The van der Waals surface area contributed by atoms with Crippen LogP contribution in [0.15, 0.2) is 18.2 Å². The molecule has 2 rings (SSSR count). The Labute approximate surface area is 111 Å². The molecule has 1 fully saturated rings. The van der Waals surface area contributed by atoms with Gasteiger partial charge < -0.3 is 10.2 Å². The van der Waals surface area contributed by atoms with Gasteiger partial charge in [-0.25, -0.2) is 0 Å². The topological polar surface area (TPSA) is 15.3 Å². The molecule has 0 radical (unpaired) electrons. The van der Waals surface area contributed by atoms with E-state index in [4.69, 9.17) is 0 Å². The van der Waals surface area contributed by atoms with Gasteiger partial charge in [0.25, 0.3) is 0 Å². The molecular formula is C16H26N2. The smallest absolute Gasteiger partial charge is 0.0393 e. The van der Waals surface area contributed by atoms with Gasteiger partial charge in [0.1, 0.15) is 0 Å². The predicted octanol–water partition coefficient (Wildman–Crippen LogP) is 3.13. The van der Waals surface area contributed by atoms with Gasteiger partial charge in [-0.05, 0) is 51.3 Å². The quantitative estimate of drug-likeness (QED) is 0.878. The molecule has 18 heavy (non-hydrogen) atoms. The molecule has 1 saturated carbocycles. The zero-order chi connectivity index (χ0) is 13.1. The highest BCUT2D eigenvalue weighted by atomic mass is 15.1. The average molecular weight is 246 g/mol. The molecule has 2 heteroatoms. The Morgan fingerprint density at radius 2 is 2.06 bits per heavy atom. The second kappa shape index (κ2) is 5.75. The van der Waals surface area contributed by atoms with E-state index >= 15 is 0 Å². The maximum Gasteiger partial charge on any atom is 0.0393 e. The van der Waals surface area contributed by atoms with Crippen molar-refractivity contribution in [2.75, 3.05) is 25.5 Å². The minimum atomic E-state index is 0.707. The first-order valence-corrected chi connectivity index (χ1v) is 7.07. The fraction of sp³-hybridized carbons (Fsp3) is 0.625. The highest BCUT2D eigenvalue weighted by Crippen LogP contribution is 2.28. The number of hydrogen-bond donors (Lipinski definition) is 1. The molecule has 1 aromatic rings. The molecule has 0 saturated heterocycles. The summed E-state index contributed by atoms with van der Waals surface area (Å²) in [5, 5.41) is 3.47. The number of rotatable bonds is 4. The van der Waals surface area contributed by atoms with E-state index in [1.165, 1.54) is 36.1 Å². The number of aryl methyl sites for hydroxylation is 2. The van der Waals surface area contributed by atoms with E-state index < -0.39 is 0 Å². The lowest BCUT2D eigenvalue weighted by Crippen LogP contribution is -2.36. The zero-order valence-corrected chi connectivity index (χ0v) is 12.2. The summed E-state index contributed by atoms with van der Waals surface area (Å²) in [6, 6.07) is 7.45. The minimum Gasteiger partial charge on any atom is -0.374 e. The highest BCUT2D eigenvalue weighted by molar-refractivity contribution is 5.53. The van der Waals surface area contributed by atoms with E-state index in [-0.39, 0.29) is 0 Å². The highest BCUT2D eigenvalue weighted by Gasteiger charge is 2.26. The number of benzene rings is 1. The standard InChI is InChI=1S/C16H26N2/c1-12-8-9-16(13(2)10-12)18(4)11-14-6-5-7-15(14)17-3/h8-10,14-15,17H,5-7,11H2,1-4H3. The van der Waals surface area contributed by atoms with Crippen molar-refractivity contribution in [2.45, 2.75) is 39.2 Å². The van der Waals surface area contributed by atoms with Gasteiger partial charge >= 0.3 is 0 Å². The van der Waals surface area contributed by atoms with Crippen molar-refractivity contribution < 1.29 is 0 Å². The maximum atomic E-state index is 3.47. The van der Waals surface area contributed by atoms with Gasteiger partial charge in [0, 0.05) is 25.3 Å². The number of anilines is 1. The summed E-state index contributed by atoms with van der Waals surface area (Å²) in [4.78, 5) is 2.43. The van der Waals surface area contributed by atoms with Crippen LogP contribution < -0.4 is 10.2 Å². The van der Waals surface area contributed by atoms with E-state index in [2.05, 4.69) is 56.4 Å². The van der Waals surface area contributed by atoms with Crippen LogP contribution in [0.3, 0.4) is 0 Å². The third-order valence-electron chi connectivity index (χ3n) is 4.30. The molecule has 100 valence electrons. The third-order valence-corrected chi connectivity index (χ3v) is 4.30. The monoisotopic (exact) mass is 246 g/mol. The normalized spacial score (nSPS) is 23.3. The summed E-state index contributed by atoms with van der Waals surface area (Å²) < 4.78 is 0. The molecule has 2 unspecified atom stereocenters. The van der Waals surface area contributed by atoms with Crippen LogP contribution in [-0.2, 0) is 0 Å². The van der Waals surface area contributed by atoms with Gasteiger partial charge in [0.2, 0.25) is 0 Å². The number of hydrogen-bond acceptors (Lipinski definition) is 2. The fourth-order valence-corrected chi connectivity index (χ4v) is 3.32. The summed E-state index contributed by atoms with van der Waals surface area (Å²) in [6.45, 7) is 5.53. The van der Waals surface area contributed by atoms with Crippen LogP contribution in [0.5, 0.6) is 0 Å².